The molecule has 0 fully saturated rings. The highest BCUT2D eigenvalue weighted by atomic mass is 19.2. The standard InChI is InChI=1S/C14H14F2N2O/c1-2-19-11-5-10(7-18-8-11)14(17)9-3-4-12(15)13(16)6-9/h3-8,14H,2,17H2,1H3. The molecule has 1 aromatic heterocycles. The predicted octanol–water partition coefficient (Wildman–Crippen LogP) is 2.81. The Hall–Kier alpha value is -2.01. The molecule has 0 aliphatic rings. The lowest BCUT2D eigenvalue weighted by Gasteiger charge is -2.13. The predicted molar refractivity (Wildman–Crippen MR) is 67.8 cm³/mol. The van der Waals surface area contributed by atoms with Crippen molar-refractivity contribution in [2.75, 3.05) is 6.61 Å². The molecule has 19 heavy (non-hydrogen) atoms. The number of hydrogen-bond acceptors (Lipinski definition) is 3. The summed E-state index contributed by atoms with van der Waals surface area (Å²) in [6, 6.07) is 4.76. The second-order valence-corrected chi connectivity index (χ2v) is 4.04. The van der Waals surface area contributed by atoms with E-state index in [4.69, 9.17) is 10.5 Å². The summed E-state index contributed by atoms with van der Waals surface area (Å²) in [5, 5.41) is 0. The van der Waals surface area contributed by atoms with Crippen LogP contribution in [0.3, 0.4) is 0 Å². The minimum atomic E-state index is -0.915. The fraction of sp³-hybridized carbons (Fsp3) is 0.214. The fourth-order valence-electron chi connectivity index (χ4n) is 1.75. The van der Waals surface area contributed by atoms with Crippen LogP contribution in [0.1, 0.15) is 24.1 Å². The Balaban J connectivity index is 2.29. The van der Waals surface area contributed by atoms with Gasteiger partial charge in [-0.15, -0.1) is 0 Å². The van der Waals surface area contributed by atoms with Crippen LogP contribution in [0.2, 0.25) is 0 Å². The fourth-order valence-corrected chi connectivity index (χ4v) is 1.75. The van der Waals surface area contributed by atoms with Gasteiger partial charge in [-0.2, -0.15) is 0 Å². The van der Waals surface area contributed by atoms with Crippen LogP contribution < -0.4 is 10.5 Å². The maximum atomic E-state index is 13.2. The summed E-state index contributed by atoms with van der Waals surface area (Å²) in [5.41, 5.74) is 7.17. The van der Waals surface area contributed by atoms with Gasteiger partial charge in [0.15, 0.2) is 11.6 Å². The maximum absolute atomic E-state index is 13.2. The number of halogens is 2. The molecule has 2 rings (SSSR count). The van der Waals surface area contributed by atoms with Gasteiger partial charge in [0.25, 0.3) is 0 Å². The number of hydrogen-bond donors (Lipinski definition) is 1. The minimum Gasteiger partial charge on any atom is -0.492 e. The molecule has 0 amide bonds. The van der Waals surface area contributed by atoms with E-state index in [1.54, 1.807) is 18.5 Å². The molecule has 0 bridgehead atoms. The van der Waals surface area contributed by atoms with Gasteiger partial charge in [-0.25, -0.2) is 8.78 Å². The normalized spacial score (nSPS) is 12.2. The number of aromatic nitrogens is 1. The van der Waals surface area contributed by atoms with Crippen LogP contribution in [0.5, 0.6) is 5.75 Å². The molecule has 0 spiro atoms. The Bertz CT molecular complexity index is 575. The number of pyridine rings is 1. The third kappa shape index (κ3) is 3.06. The van der Waals surface area contributed by atoms with Crippen LogP contribution >= 0.6 is 0 Å². The van der Waals surface area contributed by atoms with Crippen molar-refractivity contribution in [3.8, 4) is 5.75 Å². The SMILES string of the molecule is CCOc1cncc(C(N)c2ccc(F)c(F)c2)c1. The van der Waals surface area contributed by atoms with Gasteiger partial charge >= 0.3 is 0 Å². The third-order valence-electron chi connectivity index (χ3n) is 2.71. The molecular weight excluding hydrogens is 250 g/mol. The number of benzene rings is 1. The molecule has 100 valence electrons. The summed E-state index contributed by atoms with van der Waals surface area (Å²) in [6.07, 6.45) is 3.15. The molecule has 0 radical (unpaired) electrons. The smallest absolute Gasteiger partial charge is 0.159 e. The largest absolute Gasteiger partial charge is 0.492 e. The van der Waals surface area contributed by atoms with E-state index in [1.165, 1.54) is 6.07 Å². The summed E-state index contributed by atoms with van der Waals surface area (Å²) >= 11 is 0. The van der Waals surface area contributed by atoms with E-state index in [2.05, 4.69) is 4.98 Å². The highest BCUT2D eigenvalue weighted by molar-refractivity contribution is 5.34. The van der Waals surface area contributed by atoms with Crippen molar-refractivity contribution < 1.29 is 13.5 Å². The van der Waals surface area contributed by atoms with Crippen molar-refractivity contribution in [3.05, 3.63) is 59.4 Å². The van der Waals surface area contributed by atoms with E-state index < -0.39 is 17.7 Å². The lowest BCUT2D eigenvalue weighted by Crippen LogP contribution is -2.13. The Morgan fingerprint density at radius 2 is 1.95 bits per heavy atom. The van der Waals surface area contributed by atoms with Crippen molar-refractivity contribution in [1.29, 1.82) is 0 Å². The van der Waals surface area contributed by atoms with E-state index in [0.717, 1.165) is 12.1 Å². The van der Waals surface area contributed by atoms with Gasteiger partial charge in [-0.3, -0.25) is 4.98 Å². The molecule has 5 heteroatoms. The summed E-state index contributed by atoms with van der Waals surface area (Å²) in [6.45, 7) is 2.38. The highest BCUT2D eigenvalue weighted by Crippen LogP contribution is 2.23. The maximum Gasteiger partial charge on any atom is 0.159 e. The van der Waals surface area contributed by atoms with E-state index in [-0.39, 0.29) is 0 Å². The van der Waals surface area contributed by atoms with Gasteiger partial charge in [0.2, 0.25) is 0 Å². The van der Waals surface area contributed by atoms with Gasteiger partial charge < -0.3 is 10.5 Å². The zero-order chi connectivity index (χ0) is 13.8. The van der Waals surface area contributed by atoms with Crippen molar-refractivity contribution in [2.45, 2.75) is 13.0 Å². The summed E-state index contributed by atoms with van der Waals surface area (Å²) in [4.78, 5) is 4.02. The van der Waals surface area contributed by atoms with E-state index >= 15 is 0 Å². The Labute approximate surface area is 110 Å². The number of ether oxygens (including phenoxy) is 1. The van der Waals surface area contributed by atoms with Crippen LogP contribution in [-0.4, -0.2) is 11.6 Å². The first-order chi connectivity index (χ1) is 9.11. The van der Waals surface area contributed by atoms with Gasteiger partial charge in [-0.05, 0) is 36.2 Å². The zero-order valence-corrected chi connectivity index (χ0v) is 10.4. The zero-order valence-electron chi connectivity index (χ0n) is 10.4. The van der Waals surface area contributed by atoms with Crippen LogP contribution in [0, 0.1) is 11.6 Å². The van der Waals surface area contributed by atoms with Crippen LogP contribution in [-0.2, 0) is 0 Å². The molecule has 0 aliphatic heterocycles. The first-order valence-electron chi connectivity index (χ1n) is 5.90. The Kier molecular flexibility index (Phi) is 4.06. The van der Waals surface area contributed by atoms with E-state index in [9.17, 15) is 8.78 Å². The second-order valence-electron chi connectivity index (χ2n) is 4.04. The van der Waals surface area contributed by atoms with Crippen molar-refractivity contribution in [1.82, 2.24) is 4.98 Å². The summed E-state index contributed by atoms with van der Waals surface area (Å²) in [5.74, 6) is -1.21. The number of nitrogens with two attached hydrogens (primary N) is 1. The molecule has 2 aromatic rings. The first-order valence-corrected chi connectivity index (χ1v) is 5.90. The Morgan fingerprint density at radius 3 is 2.63 bits per heavy atom. The van der Waals surface area contributed by atoms with Crippen LogP contribution in [0.25, 0.3) is 0 Å². The lowest BCUT2D eigenvalue weighted by atomic mass is 10.0. The molecule has 0 saturated carbocycles. The van der Waals surface area contributed by atoms with Gasteiger partial charge in [0, 0.05) is 6.20 Å². The average Bonchev–Trinajstić information content (AvgIpc) is 2.42. The molecule has 2 N–H and O–H groups in total. The first kappa shape index (κ1) is 13.4. The molecule has 1 aromatic carbocycles. The molecular formula is C14H14F2N2O. The lowest BCUT2D eigenvalue weighted by molar-refractivity contribution is 0.338. The van der Waals surface area contributed by atoms with E-state index in [1.807, 2.05) is 6.92 Å². The quantitative estimate of drug-likeness (QED) is 0.923. The topological polar surface area (TPSA) is 48.1 Å². The number of nitrogens with zero attached hydrogens (tertiary/aromatic N) is 1. The summed E-state index contributed by atoms with van der Waals surface area (Å²) in [7, 11) is 0. The van der Waals surface area contributed by atoms with Crippen LogP contribution in [0.4, 0.5) is 8.78 Å². The number of rotatable bonds is 4. The molecule has 1 atom stereocenters. The molecule has 0 aliphatic carbocycles. The molecule has 1 unspecified atom stereocenters. The van der Waals surface area contributed by atoms with Crippen molar-refractivity contribution in [2.24, 2.45) is 5.73 Å². The van der Waals surface area contributed by atoms with Gasteiger partial charge in [0.1, 0.15) is 5.75 Å². The van der Waals surface area contributed by atoms with Gasteiger partial charge in [0.05, 0.1) is 18.8 Å². The Morgan fingerprint density at radius 1 is 1.16 bits per heavy atom. The van der Waals surface area contributed by atoms with Crippen molar-refractivity contribution >= 4 is 0 Å². The molecule has 1 heterocycles. The second kappa shape index (κ2) is 5.75. The van der Waals surface area contributed by atoms with E-state index in [0.29, 0.717) is 23.5 Å². The monoisotopic (exact) mass is 264 g/mol. The average molecular weight is 264 g/mol. The summed E-state index contributed by atoms with van der Waals surface area (Å²) < 4.78 is 31.4. The molecule has 0 saturated heterocycles. The third-order valence-corrected chi connectivity index (χ3v) is 2.71. The minimum absolute atomic E-state index is 0.481. The van der Waals surface area contributed by atoms with Crippen LogP contribution in [0.15, 0.2) is 36.7 Å². The highest BCUT2D eigenvalue weighted by Gasteiger charge is 2.13. The molecule has 3 nitrogen and oxygen atoms in total. The van der Waals surface area contributed by atoms with Crippen molar-refractivity contribution in [3.63, 3.8) is 0 Å². The van der Waals surface area contributed by atoms with Gasteiger partial charge in [-0.1, -0.05) is 6.07 Å².